The van der Waals surface area contributed by atoms with Crippen LogP contribution in [0.3, 0.4) is 0 Å². The van der Waals surface area contributed by atoms with E-state index in [1.165, 1.54) is 12.0 Å². The first kappa shape index (κ1) is 14.2. The second-order valence-electron chi connectivity index (χ2n) is 5.16. The van der Waals surface area contributed by atoms with E-state index in [4.69, 9.17) is 0 Å². The lowest BCUT2D eigenvalue weighted by Crippen LogP contribution is -2.38. The van der Waals surface area contributed by atoms with Gasteiger partial charge in [0.05, 0.1) is 0 Å². The largest absolute Gasteiger partial charge is 0.316 e. The molecule has 1 aliphatic rings. The highest BCUT2D eigenvalue weighted by atomic mass is 14.9. The van der Waals surface area contributed by atoms with E-state index in [1.54, 1.807) is 5.56 Å². The second-order valence-corrected chi connectivity index (χ2v) is 5.16. The number of nitrogens with one attached hydrogen (secondary N) is 1. The first-order chi connectivity index (χ1) is 8.14. The molecule has 1 unspecified atom stereocenters. The van der Waals surface area contributed by atoms with Gasteiger partial charge in [0.15, 0.2) is 0 Å². The fourth-order valence-corrected chi connectivity index (χ4v) is 2.48. The molecule has 0 aliphatic carbocycles. The van der Waals surface area contributed by atoms with Gasteiger partial charge < -0.3 is 5.32 Å². The van der Waals surface area contributed by atoms with Gasteiger partial charge in [-0.15, -0.1) is 0 Å². The topological polar surface area (TPSA) is 12.0 Å². The van der Waals surface area contributed by atoms with Crippen LogP contribution in [-0.2, 0) is 11.8 Å². The summed E-state index contributed by atoms with van der Waals surface area (Å²) >= 11 is 0. The summed E-state index contributed by atoms with van der Waals surface area (Å²) < 4.78 is 0. The van der Waals surface area contributed by atoms with Gasteiger partial charge in [-0.3, -0.25) is 0 Å². The van der Waals surface area contributed by atoms with E-state index in [1.807, 2.05) is 13.8 Å². The quantitative estimate of drug-likeness (QED) is 0.778. The molecule has 1 aromatic rings. The van der Waals surface area contributed by atoms with Crippen molar-refractivity contribution < 1.29 is 0 Å². The molecule has 0 saturated heterocycles. The van der Waals surface area contributed by atoms with Crippen LogP contribution in [0, 0.1) is 5.92 Å². The zero-order chi connectivity index (χ0) is 12.9. The van der Waals surface area contributed by atoms with Crippen LogP contribution in [0.5, 0.6) is 0 Å². The molecule has 0 saturated carbocycles. The monoisotopic (exact) mass is 233 g/mol. The van der Waals surface area contributed by atoms with Crippen molar-refractivity contribution in [3.05, 3.63) is 35.4 Å². The number of benzene rings is 1. The van der Waals surface area contributed by atoms with E-state index >= 15 is 0 Å². The molecule has 1 aromatic carbocycles. The molecule has 2 rings (SSSR count). The fraction of sp³-hybridized carbons (Fsp3) is 0.625. The Labute approximate surface area is 107 Å². The van der Waals surface area contributed by atoms with Crippen molar-refractivity contribution in [1.29, 1.82) is 0 Å². The number of fused-ring (bicyclic) bond motifs is 1. The molecule has 0 fully saturated rings. The molecule has 0 amide bonds. The first-order valence-electron chi connectivity index (χ1n) is 6.93. The van der Waals surface area contributed by atoms with Crippen molar-refractivity contribution in [2.24, 2.45) is 5.92 Å². The molecule has 1 nitrogen and oxygen atoms in total. The Kier molecular flexibility index (Phi) is 5.20. The minimum Gasteiger partial charge on any atom is -0.316 e. The summed E-state index contributed by atoms with van der Waals surface area (Å²) in [6, 6.07) is 8.92. The second kappa shape index (κ2) is 6.20. The van der Waals surface area contributed by atoms with Gasteiger partial charge in [-0.1, -0.05) is 58.9 Å². The Morgan fingerprint density at radius 1 is 1.18 bits per heavy atom. The first-order valence-corrected chi connectivity index (χ1v) is 6.93. The van der Waals surface area contributed by atoms with E-state index in [2.05, 4.69) is 50.4 Å². The predicted octanol–water partition coefficient (Wildman–Crippen LogP) is 3.77. The Hall–Kier alpha value is -0.820. The maximum atomic E-state index is 3.57. The number of hydrogen-bond donors (Lipinski definition) is 1. The normalized spacial score (nSPS) is 23.4. The molecule has 1 N–H and O–H groups in total. The summed E-state index contributed by atoms with van der Waals surface area (Å²) in [4.78, 5) is 0. The SMILES string of the molecule is CC.CC(C)C1(C)CNCCc2ccccc21. The van der Waals surface area contributed by atoms with Crippen LogP contribution in [-0.4, -0.2) is 13.1 Å². The van der Waals surface area contributed by atoms with Crippen LogP contribution in [0.25, 0.3) is 0 Å². The Bertz CT molecular complexity index is 343. The summed E-state index contributed by atoms with van der Waals surface area (Å²) in [6.07, 6.45) is 1.17. The van der Waals surface area contributed by atoms with Crippen LogP contribution in [0.4, 0.5) is 0 Å². The Morgan fingerprint density at radius 2 is 1.82 bits per heavy atom. The molecule has 1 atom stereocenters. The van der Waals surface area contributed by atoms with E-state index in [9.17, 15) is 0 Å². The maximum Gasteiger partial charge on any atom is 0.00752 e. The van der Waals surface area contributed by atoms with Gasteiger partial charge in [-0.2, -0.15) is 0 Å². The summed E-state index contributed by atoms with van der Waals surface area (Å²) in [7, 11) is 0. The summed E-state index contributed by atoms with van der Waals surface area (Å²) in [5.74, 6) is 0.671. The van der Waals surface area contributed by atoms with Gasteiger partial charge in [0.2, 0.25) is 0 Å². The van der Waals surface area contributed by atoms with Crippen LogP contribution in [0.2, 0.25) is 0 Å². The highest BCUT2D eigenvalue weighted by Gasteiger charge is 2.33. The molecule has 17 heavy (non-hydrogen) atoms. The summed E-state index contributed by atoms with van der Waals surface area (Å²) in [6.45, 7) is 13.2. The van der Waals surface area contributed by atoms with Gasteiger partial charge in [0.1, 0.15) is 0 Å². The molecular weight excluding hydrogens is 206 g/mol. The average molecular weight is 233 g/mol. The Balaban J connectivity index is 0.000000686. The van der Waals surface area contributed by atoms with Crippen molar-refractivity contribution >= 4 is 0 Å². The molecule has 1 aliphatic heterocycles. The van der Waals surface area contributed by atoms with Crippen molar-refractivity contribution in [2.75, 3.05) is 13.1 Å². The number of rotatable bonds is 1. The van der Waals surface area contributed by atoms with Crippen molar-refractivity contribution in [3.63, 3.8) is 0 Å². The van der Waals surface area contributed by atoms with E-state index in [0.717, 1.165) is 13.1 Å². The third kappa shape index (κ3) is 2.90. The summed E-state index contributed by atoms with van der Waals surface area (Å²) in [5, 5.41) is 3.57. The zero-order valence-corrected chi connectivity index (χ0v) is 12.0. The molecular formula is C16H27N. The van der Waals surface area contributed by atoms with E-state index < -0.39 is 0 Å². The third-order valence-electron chi connectivity index (χ3n) is 3.97. The van der Waals surface area contributed by atoms with Crippen molar-refractivity contribution in [1.82, 2.24) is 5.32 Å². The molecule has 1 heterocycles. The minimum absolute atomic E-state index is 0.285. The van der Waals surface area contributed by atoms with Crippen molar-refractivity contribution in [3.8, 4) is 0 Å². The predicted molar refractivity (Wildman–Crippen MR) is 76.6 cm³/mol. The molecule has 0 aromatic heterocycles. The van der Waals surface area contributed by atoms with Gasteiger partial charge in [-0.05, 0) is 30.0 Å². The minimum atomic E-state index is 0.285. The van der Waals surface area contributed by atoms with Crippen molar-refractivity contribution in [2.45, 2.75) is 46.5 Å². The zero-order valence-electron chi connectivity index (χ0n) is 12.0. The van der Waals surface area contributed by atoms with E-state index in [0.29, 0.717) is 5.92 Å². The lowest BCUT2D eigenvalue weighted by Gasteiger charge is -2.34. The molecule has 0 spiro atoms. The standard InChI is InChI=1S/C14H21N.C2H6/c1-11(2)14(3)10-15-9-8-12-6-4-5-7-13(12)14;1-2/h4-7,11,15H,8-10H2,1-3H3;1-2H3. The lowest BCUT2D eigenvalue weighted by atomic mass is 9.72. The highest BCUT2D eigenvalue weighted by Crippen LogP contribution is 2.35. The lowest BCUT2D eigenvalue weighted by molar-refractivity contribution is 0.327. The van der Waals surface area contributed by atoms with Gasteiger partial charge in [-0.25, -0.2) is 0 Å². The molecule has 96 valence electrons. The molecule has 1 heteroatoms. The van der Waals surface area contributed by atoms with Crippen LogP contribution in [0.1, 0.15) is 45.7 Å². The van der Waals surface area contributed by atoms with Gasteiger partial charge >= 0.3 is 0 Å². The number of hydrogen-bond acceptors (Lipinski definition) is 1. The maximum absolute atomic E-state index is 3.57. The van der Waals surface area contributed by atoms with Gasteiger partial charge in [0.25, 0.3) is 0 Å². The average Bonchev–Trinajstić information content (AvgIpc) is 2.53. The highest BCUT2D eigenvalue weighted by molar-refractivity contribution is 5.36. The smallest absolute Gasteiger partial charge is 0.00752 e. The van der Waals surface area contributed by atoms with E-state index in [-0.39, 0.29) is 5.41 Å². The Morgan fingerprint density at radius 3 is 2.47 bits per heavy atom. The molecule has 0 radical (unpaired) electrons. The van der Waals surface area contributed by atoms with Crippen LogP contribution >= 0.6 is 0 Å². The van der Waals surface area contributed by atoms with Crippen LogP contribution < -0.4 is 5.32 Å². The third-order valence-corrected chi connectivity index (χ3v) is 3.97. The molecule has 0 bridgehead atoms. The van der Waals surface area contributed by atoms with Gasteiger partial charge in [0, 0.05) is 12.0 Å². The van der Waals surface area contributed by atoms with Crippen LogP contribution in [0.15, 0.2) is 24.3 Å². The summed E-state index contributed by atoms with van der Waals surface area (Å²) in [5.41, 5.74) is 3.36. The fourth-order valence-electron chi connectivity index (χ4n) is 2.48.